The molecule has 2 rings (SSSR count). The first-order valence-corrected chi connectivity index (χ1v) is 8.37. The third kappa shape index (κ3) is 4.97. The predicted octanol–water partition coefficient (Wildman–Crippen LogP) is 4.25. The fraction of sp³-hybridized carbons (Fsp3) is 0.588. The smallest absolute Gasteiger partial charge is 0.328 e. The molecule has 1 aliphatic carbocycles. The molecule has 0 bridgehead atoms. The molecule has 1 heterocycles. The number of hydrogen-bond donors (Lipinski definition) is 1. The molecule has 0 atom stereocenters. The van der Waals surface area contributed by atoms with Gasteiger partial charge in [-0.25, -0.2) is 4.79 Å². The van der Waals surface area contributed by atoms with Crippen molar-refractivity contribution in [2.24, 2.45) is 5.41 Å². The molecule has 0 spiro atoms. The number of hydrogen-bond acceptors (Lipinski definition) is 3. The molecule has 0 saturated heterocycles. The lowest BCUT2D eigenvalue weighted by Crippen LogP contribution is -2.36. The zero-order chi connectivity index (χ0) is 15.5. The first-order chi connectivity index (χ1) is 9.85. The Labute approximate surface area is 131 Å². The molecule has 1 saturated carbocycles. The molecule has 0 aromatic carbocycles. The summed E-state index contributed by atoms with van der Waals surface area (Å²) >= 11 is 1.68. The molecule has 1 aromatic heterocycles. The number of carboxylic acids is 1. The van der Waals surface area contributed by atoms with Crippen molar-refractivity contribution in [2.75, 3.05) is 7.05 Å². The van der Waals surface area contributed by atoms with E-state index in [0.29, 0.717) is 11.5 Å². The average Bonchev–Trinajstić information content (AvgIpc) is 2.83. The van der Waals surface area contributed by atoms with E-state index >= 15 is 0 Å². The van der Waals surface area contributed by atoms with Crippen molar-refractivity contribution < 1.29 is 9.90 Å². The SMILES string of the molecule is CN(Cc1ccc(/C=C/C(=O)O)s1)C1CCC(C)(C)CC1. The van der Waals surface area contributed by atoms with E-state index in [1.165, 1.54) is 36.6 Å². The topological polar surface area (TPSA) is 40.5 Å². The van der Waals surface area contributed by atoms with E-state index in [0.717, 1.165) is 11.4 Å². The van der Waals surface area contributed by atoms with Crippen LogP contribution in [0.25, 0.3) is 6.08 Å². The highest BCUT2D eigenvalue weighted by molar-refractivity contribution is 7.12. The highest BCUT2D eigenvalue weighted by Gasteiger charge is 2.28. The fourth-order valence-electron chi connectivity index (χ4n) is 2.92. The number of carboxylic acid groups (broad SMARTS) is 1. The van der Waals surface area contributed by atoms with Gasteiger partial charge in [0.05, 0.1) is 0 Å². The molecule has 1 aliphatic rings. The monoisotopic (exact) mass is 307 g/mol. The summed E-state index contributed by atoms with van der Waals surface area (Å²) in [4.78, 5) is 15.3. The summed E-state index contributed by atoms with van der Waals surface area (Å²) in [7, 11) is 2.20. The van der Waals surface area contributed by atoms with Crippen LogP contribution in [0.2, 0.25) is 0 Å². The van der Waals surface area contributed by atoms with Gasteiger partial charge in [-0.2, -0.15) is 0 Å². The minimum atomic E-state index is -0.896. The van der Waals surface area contributed by atoms with Crippen LogP contribution in [0.5, 0.6) is 0 Å². The Balaban J connectivity index is 1.88. The summed E-state index contributed by atoms with van der Waals surface area (Å²) < 4.78 is 0. The van der Waals surface area contributed by atoms with Gasteiger partial charge in [0.15, 0.2) is 0 Å². The van der Waals surface area contributed by atoms with E-state index in [2.05, 4.69) is 31.9 Å². The summed E-state index contributed by atoms with van der Waals surface area (Å²) in [6, 6.07) is 4.78. The van der Waals surface area contributed by atoms with Crippen LogP contribution in [0.4, 0.5) is 0 Å². The minimum absolute atomic E-state index is 0.509. The maximum atomic E-state index is 10.5. The van der Waals surface area contributed by atoms with Crippen LogP contribution in [0.1, 0.15) is 49.3 Å². The number of thiophene rings is 1. The molecule has 1 N–H and O–H groups in total. The second-order valence-corrected chi connectivity index (χ2v) is 7.99. The van der Waals surface area contributed by atoms with Crippen LogP contribution in [-0.4, -0.2) is 29.1 Å². The van der Waals surface area contributed by atoms with E-state index in [9.17, 15) is 4.79 Å². The first-order valence-electron chi connectivity index (χ1n) is 7.56. The zero-order valence-electron chi connectivity index (χ0n) is 13.1. The lowest BCUT2D eigenvalue weighted by molar-refractivity contribution is -0.131. The van der Waals surface area contributed by atoms with Crippen LogP contribution < -0.4 is 0 Å². The van der Waals surface area contributed by atoms with Gasteiger partial charge in [0, 0.05) is 28.4 Å². The lowest BCUT2D eigenvalue weighted by atomic mass is 9.75. The third-order valence-electron chi connectivity index (χ3n) is 4.41. The molecule has 4 heteroatoms. The lowest BCUT2D eigenvalue weighted by Gasteiger charge is -2.38. The quantitative estimate of drug-likeness (QED) is 0.827. The first kappa shape index (κ1) is 16.2. The Hall–Kier alpha value is -1.13. The molecule has 0 unspecified atom stereocenters. The molecule has 0 radical (unpaired) electrons. The summed E-state index contributed by atoms with van der Waals surface area (Å²) in [5, 5.41) is 8.65. The van der Waals surface area contributed by atoms with Crippen LogP contribution in [-0.2, 0) is 11.3 Å². The van der Waals surface area contributed by atoms with Gasteiger partial charge in [-0.3, -0.25) is 4.90 Å². The Morgan fingerprint density at radius 1 is 1.43 bits per heavy atom. The molecule has 0 amide bonds. The normalized spacial score (nSPS) is 19.4. The van der Waals surface area contributed by atoms with Crippen molar-refractivity contribution in [2.45, 2.75) is 52.1 Å². The van der Waals surface area contributed by atoms with Crippen molar-refractivity contribution in [1.82, 2.24) is 4.90 Å². The van der Waals surface area contributed by atoms with E-state index < -0.39 is 5.97 Å². The van der Waals surface area contributed by atoms with Gasteiger partial charge in [0.25, 0.3) is 0 Å². The Morgan fingerprint density at radius 2 is 2.10 bits per heavy atom. The van der Waals surface area contributed by atoms with Crippen molar-refractivity contribution in [1.29, 1.82) is 0 Å². The van der Waals surface area contributed by atoms with Crippen molar-refractivity contribution in [3.05, 3.63) is 28.0 Å². The number of nitrogens with zero attached hydrogens (tertiary/aromatic N) is 1. The Kier molecular flexibility index (Phi) is 5.22. The van der Waals surface area contributed by atoms with Crippen LogP contribution >= 0.6 is 11.3 Å². The predicted molar refractivity (Wildman–Crippen MR) is 88.5 cm³/mol. The molecule has 3 nitrogen and oxygen atoms in total. The maximum Gasteiger partial charge on any atom is 0.328 e. The summed E-state index contributed by atoms with van der Waals surface area (Å²) in [6.45, 7) is 5.68. The summed E-state index contributed by atoms with van der Waals surface area (Å²) in [5.41, 5.74) is 0.509. The maximum absolute atomic E-state index is 10.5. The van der Waals surface area contributed by atoms with Gasteiger partial charge in [0.1, 0.15) is 0 Å². The largest absolute Gasteiger partial charge is 0.478 e. The fourth-order valence-corrected chi connectivity index (χ4v) is 3.90. The van der Waals surface area contributed by atoms with Crippen molar-refractivity contribution >= 4 is 23.4 Å². The Morgan fingerprint density at radius 3 is 2.71 bits per heavy atom. The van der Waals surface area contributed by atoms with Gasteiger partial charge in [-0.05, 0) is 56.4 Å². The third-order valence-corrected chi connectivity index (χ3v) is 5.45. The van der Waals surface area contributed by atoms with E-state index in [1.807, 2.05) is 6.07 Å². The van der Waals surface area contributed by atoms with Crippen LogP contribution in [0.15, 0.2) is 18.2 Å². The molecule has 0 aliphatic heterocycles. The molecule has 21 heavy (non-hydrogen) atoms. The standard InChI is InChI=1S/C17H25NO2S/c1-17(2)10-8-13(9-11-17)18(3)12-15-5-4-14(21-15)6-7-16(19)20/h4-7,13H,8-12H2,1-3H3,(H,19,20)/b7-6+. The summed E-state index contributed by atoms with van der Waals surface area (Å²) in [5.74, 6) is -0.896. The van der Waals surface area contributed by atoms with Gasteiger partial charge >= 0.3 is 5.97 Å². The molecule has 116 valence electrons. The van der Waals surface area contributed by atoms with Crippen molar-refractivity contribution in [3.63, 3.8) is 0 Å². The van der Waals surface area contributed by atoms with Gasteiger partial charge in [-0.1, -0.05) is 13.8 Å². The highest BCUT2D eigenvalue weighted by Crippen LogP contribution is 2.37. The van der Waals surface area contributed by atoms with E-state index in [4.69, 9.17) is 5.11 Å². The van der Waals surface area contributed by atoms with E-state index in [-0.39, 0.29) is 0 Å². The summed E-state index contributed by atoms with van der Waals surface area (Å²) in [6.07, 6.45) is 8.03. The molecule has 1 fully saturated rings. The van der Waals surface area contributed by atoms with E-state index in [1.54, 1.807) is 17.4 Å². The second-order valence-electron chi connectivity index (χ2n) is 6.79. The molecular formula is C17H25NO2S. The van der Waals surface area contributed by atoms with Gasteiger partial charge < -0.3 is 5.11 Å². The molecular weight excluding hydrogens is 282 g/mol. The zero-order valence-corrected chi connectivity index (χ0v) is 13.9. The van der Waals surface area contributed by atoms with Gasteiger partial charge in [-0.15, -0.1) is 11.3 Å². The van der Waals surface area contributed by atoms with Crippen LogP contribution in [0.3, 0.4) is 0 Å². The van der Waals surface area contributed by atoms with Gasteiger partial charge in [0.2, 0.25) is 0 Å². The molecule has 1 aromatic rings. The number of carbonyl (C=O) groups is 1. The second kappa shape index (κ2) is 6.75. The number of rotatable bonds is 5. The van der Waals surface area contributed by atoms with Crippen LogP contribution in [0, 0.1) is 5.41 Å². The average molecular weight is 307 g/mol. The highest BCUT2D eigenvalue weighted by atomic mass is 32.1. The number of aliphatic carboxylic acids is 1. The van der Waals surface area contributed by atoms with Crippen molar-refractivity contribution in [3.8, 4) is 0 Å². The minimum Gasteiger partial charge on any atom is -0.478 e. The Bertz CT molecular complexity index is 509.